The molecule has 1 rings (SSSR count). The number of halogens is 1. The summed E-state index contributed by atoms with van der Waals surface area (Å²) >= 11 is 6.25. The Morgan fingerprint density at radius 2 is 2.08 bits per heavy atom. The van der Waals surface area contributed by atoms with Crippen LogP contribution in [-0.4, -0.2) is 40.2 Å². The van der Waals surface area contributed by atoms with Crippen LogP contribution in [0.1, 0.15) is 24.5 Å². The van der Waals surface area contributed by atoms with E-state index in [9.17, 15) is 15.0 Å². The van der Waals surface area contributed by atoms with Crippen LogP contribution in [0.2, 0.25) is 5.02 Å². The molecule has 5 nitrogen and oxygen atoms in total. The van der Waals surface area contributed by atoms with Crippen molar-refractivity contribution in [3.8, 4) is 0 Å². The number of aliphatic hydroxyl groups is 2. The number of aliphatic imine (C=N–C) groups is 1. The number of nitrogens with zero attached hydrogens (tertiary/aromatic N) is 1. The second-order valence-electron chi connectivity index (χ2n) is 4.95. The molecule has 0 bridgehead atoms. The first-order chi connectivity index (χ1) is 11.3. The van der Waals surface area contributed by atoms with Gasteiger partial charge in [0.1, 0.15) is 11.3 Å². The number of aliphatic carboxylic acids is 1. The fraction of sp³-hybridized carbons (Fsp3) is 0.250. The molecule has 0 heterocycles. The maximum atomic E-state index is 11.5. The van der Waals surface area contributed by atoms with Gasteiger partial charge < -0.3 is 15.3 Å². The molecule has 0 saturated heterocycles. The van der Waals surface area contributed by atoms with Gasteiger partial charge in [0.05, 0.1) is 17.7 Å². The van der Waals surface area contributed by atoms with E-state index in [1.54, 1.807) is 12.1 Å². The predicted molar refractivity (Wildman–Crippen MR) is 107 cm³/mol. The summed E-state index contributed by atoms with van der Waals surface area (Å²) < 4.78 is 0. The van der Waals surface area contributed by atoms with Crippen molar-refractivity contribution < 1.29 is 20.1 Å². The Morgan fingerprint density at radius 3 is 2.54 bits per heavy atom. The Morgan fingerprint density at radius 1 is 1.46 bits per heavy atom. The highest BCUT2D eigenvalue weighted by molar-refractivity contribution is 7.29. The first-order valence-electron chi connectivity index (χ1n) is 7.09. The van der Waals surface area contributed by atoms with Crippen LogP contribution in [-0.2, 0) is 4.79 Å². The van der Waals surface area contributed by atoms with Gasteiger partial charge in [-0.25, -0.2) is 4.79 Å². The Balaban J connectivity index is 3.52. The zero-order valence-corrected chi connectivity index (χ0v) is 16.2. The van der Waals surface area contributed by atoms with Crippen LogP contribution in [0.15, 0.2) is 23.2 Å². The van der Waals surface area contributed by atoms with Gasteiger partial charge in [0.2, 0.25) is 0 Å². The van der Waals surface area contributed by atoms with E-state index in [1.807, 2.05) is 6.92 Å². The summed E-state index contributed by atoms with van der Waals surface area (Å²) in [6.45, 7) is 5.29. The lowest BCUT2D eigenvalue weighted by atomic mass is 10.1. The van der Waals surface area contributed by atoms with Crippen molar-refractivity contribution in [2.75, 3.05) is 6.61 Å². The molecule has 0 aliphatic heterocycles. The molecule has 1 aromatic carbocycles. The average molecular weight is 388 g/mol. The summed E-state index contributed by atoms with van der Waals surface area (Å²) in [6, 6.07) is 1.18. The zero-order valence-electron chi connectivity index (χ0n) is 13.2. The number of carboxylic acid groups (broad SMARTS) is 1. The molecule has 3 atom stereocenters. The molecule has 24 heavy (non-hydrogen) atoms. The van der Waals surface area contributed by atoms with Crippen molar-refractivity contribution in [3.63, 3.8) is 0 Å². The normalized spacial score (nSPS) is 13.7. The summed E-state index contributed by atoms with van der Waals surface area (Å²) in [5.41, 5.74) is 0.569. The number of rotatable bonds is 7. The highest BCUT2D eigenvalue weighted by Crippen LogP contribution is 2.24. The predicted octanol–water partition coefficient (Wildman–Crippen LogP) is 2.18. The summed E-state index contributed by atoms with van der Waals surface area (Å²) in [5.74, 6) is -1.78. The van der Waals surface area contributed by atoms with E-state index in [0.29, 0.717) is 27.6 Å². The van der Waals surface area contributed by atoms with Crippen molar-refractivity contribution in [2.45, 2.75) is 19.4 Å². The van der Waals surface area contributed by atoms with Gasteiger partial charge >= 0.3 is 5.97 Å². The standard InChI is InChI=1S/C16H20ClNO4P2/c1-3-8(7-19)18-6-11(16(21)22)14(20)10-5-12(23)9(4-2)13(17)15(10)24/h4-6,8,19-20H,2-3,7,23-24H2,1H3,(H,21,22). The quantitative estimate of drug-likeness (QED) is 0.289. The highest BCUT2D eigenvalue weighted by Gasteiger charge is 2.19. The van der Waals surface area contributed by atoms with Gasteiger partial charge in [-0.15, -0.1) is 18.5 Å². The molecule has 3 N–H and O–H groups in total. The van der Waals surface area contributed by atoms with E-state index in [-0.39, 0.29) is 17.7 Å². The number of hydrogen-bond donors (Lipinski definition) is 3. The molecule has 1 aromatic rings. The Kier molecular flexibility index (Phi) is 8.05. The van der Waals surface area contributed by atoms with Crippen LogP contribution in [0.3, 0.4) is 0 Å². The molecule has 0 fully saturated rings. The second-order valence-corrected chi connectivity index (χ2v) is 6.53. The molecule has 3 unspecified atom stereocenters. The van der Waals surface area contributed by atoms with Crippen molar-refractivity contribution in [3.05, 3.63) is 34.4 Å². The van der Waals surface area contributed by atoms with Crippen molar-refractivity contribution in [1.82, 2.24) is 0 Å². The maximum Gasteiger partial charge on any atom is 0.341 e. The van der Waals surface area contributed by atoms with Gasteiger partial charge in [-0.05, 0) is 23.1 Å². The first-order valence-corrected chi connectivity index (χ1v) is 8.62. The van der Waals surface area contributed by atoms with E-state index in [2.05, 4.69) is 30.1 Å². The Labute approximate surface area is 150 Å². The molecule has 0 aromatic heterocycles. The fourth-order valence-electron chi connectivity index (χ4n) is 1.93. The number of aliphatic hydroxyl groups excluding tert-OH is 2. The molecule has 0 amide bonds. The first kappa shape index (κ1) is 20.8. The summed E-state index contributed by atoms with van der Waals surface area (Å²) in [7, 11) is 4.86. The van der Waals surface area contributed by atoms with Crippen molar-refractivity contribution >= 4 is 64.7 Å². The summed E-state index contributed by atoms with van der Waals surface area (Å²) in [5, 5.41) is 30.4. The molecule has 0 aliphatic rings. The molecule has 0 aliphatic carbocycles. The van der Waals surface area contributed by atoms with E-state index in [1.165, 1.54) is 0 Å². The van der Waals surface area contributed by atoms with Gasteiger partial charge in [0.25, 0.3) is 0 Å². The van der Waals surface area contributed by atoms with Crippen LogP contribution in [0, 0.1) is 0 Å². The van der Waals surface area contributed by atoms with Crippen LogP contribution in [0.4, 0.5) is 0 Å². The van der Waals surface area contributed by atoms with Gasteiger partial charge in [0.15, 0.2) is 0 Å². The third-order valence-electron chi connectivity index (χ3n) is 3.42. The summed E-state index contributed by atoms with van der Waals surface area (Å²) in [4.78, 5) is 15.5. The highest BCUT2D eigenvalue weighted by atomic mass is 35.5. The van der Waals surface area contributed by atoms with Gasteiger partial charge in [-0.1, -0.05) is 31.2 Å². The van der Waals surface area contributed by atoms with E-state index in [4.69, 9.17) is 16.7 Å². The number of carboxylic acids is 1. The third-order valence-corrected chi connectivity index (χ3v) is 5.08. The average Bonchev–Trinajstić information content (AvgIpc) is 2.54. The van der Waals surface area contributed by atoms with E-state index >= 15 is 0 Å². The van der Waals surface area contributed by atoms with Gasteiger partial charge in [-0.2, -0.15) is 0 Å². The minimum absolute atomic E-state index is 0.203. The lowest BCUT2D eigenvalue weighted by Gasteiger charge is -2.13. The second kappa shape index (κ2) is 9.29. The van der Waals surface area contributed by atoms with Crippen LogP contribution in [0.5, 0.6) is 0 Å². The summed E-state index contributed by atoms with van der Waals surface area (Å²) in [6.07, 6.45) is 3.19. The zero-order chi connectivity index (χ0) is 18.4. The minimum atomic E-state index is -1.33. The van der Waals surface area contributed by atoms with E-state index < -0.39 is 17.8 Å². The lowest BCUT2D eigenvalue weighted by Crippen LogP contribution is -2.16. The minimum Gasteiger partial charge on any atom is -0.506 e. The topological polar surface area (TPSA) is 90.1 Å². The van der Waals surface area contributed by atoms with E-state index in [0.717, 1.165) is 6.21 Å². The lowest BCUT2D eigenvalue weighted by molar-refractivity contribution is -0.132. The maximum absolute atomic E-state index is 11.5. The molecule has 8 heteroatoms. The number of benzene rings is 1. The van der Waals surface area contributed by atoms with Crippen molar-refractivity contribution in [1.29, 1.82) is 0 Å². The van der Waals surface area contributed by atoms with Crippen LogP contribution in [0.25, 0.3) is 11.8 Å². The Hall–Kier alpha value is -1.25. The molecule has 130 valence electrons. The van der Waals surface area contributed by atoms with Crippen molar-refractivity contribution in [2.24, 2.45) is 4.99 Å². The monoisotopic (exact) mass is 387 g/mol. The molecular weight excluding hydrogens is 368 g/mol. The van der Waals surface area contributed by atoms with Gasteiger partial charge in [-0.3, -0.25) is 4.99 Å². The molecule has 0 spiro atoms. The Bertz CT molecular complexity index is 713. The number of hydrogen-bond acceptors (Lipinski definition) is 4. The molecular formula is C16H20ClNO4P2. The fourth-order valence-corrected chi connectivity index (χ4v) is 3.11. The molecule has 0 radical (unpaired) electrons. The smallest absolute Gasteiger partial charge is 0.341 e. The van der Waals surface area contributed by atoms with Crippen LogP contribution < -0.4 is 10.6 Å². The van der Waals surface area contributed by atoms with Gasteiger partial charge in [0, 0.05) is 17.3 Å². The third kappa shape index (κ3) is 4.64. The molecule has 0 saturated carbocycles. The largest absolute Gasteiger partial charge is 0.506 e. The number of carbonyl (C=O) groups is 1. The SMILES string of the molecule is C=Cc1c(P)cc(C(O)=C(C=NC(CC)CO)C(=O)O)c(P)c1Cl. The van der Waals surface area contributed by atoms with Crippen LogP contribution >= 0.6 is 30.1 Å².